The van der Waals surface area contributed by atoms with Crippen LogP contribution in [-0.4, -0.2) is 17.4 Å². The van der Waals surface area contributed by atoms with Crippen LogP contribution in [0.5, 0.6) is 11.5 Å². The van der Waals surface area contributed by atoms with Crippen LogP contribution in [-0.2, 0) is 11.2 Å². The van der Waals surface area contributed by atoms with Gasteiger partial charge in [-0.05, 0) is 23.8 Å². The lowest BCUT2D eigenvalue weighted by Gasteiger charge is -2.08. The van der Waals surface area contributed by atoms with E-state index in [0.717, 1.165) is 6.29 Å². The second kappa shape index (κ2) is 5.82. The van der Waals surface area contributed by atoms with E-state index in [1.54, 1.807) is 36.4 Å². The number of para-hydroxylation sites is 2. The Morgan fingerprint density at radius 3 is 2.53 bits per heavy atom. The summed E-state index contributed by atoms with van der Waals surface area (Å²) in [7, 11) is 0. The van der Waals surface area contributed by atoms with Crippen LogP contribution in [0.3, 0.4) is 0 Å². The van der Waals surface area contributed by atoms with Gasteiger partial charge in [0.15, 0.2) is 11.5 Å². The molecule has 2 aromatic carbocycles. The van der Waals surface area contributed by atoms with E-state index in [1.807, 2.05) is 0 Å². The molecule has 0 unspecified atom stereocenters. The maximum atomic E-state index is 12.0. The van der Waals surface area contributed by atoms with Crippen LogP contribution in [0.4, 0.5) is 0 Å². The van der Waals surface area contributed by atoms with Gasteiger partial charge in [-0.3, -0.25) is 0 Å². The SMILES string of the molecule is O=CCc1ccccc1C(=O)Oc1ccccc1O. The van der Waals surface area contributed by atoms with Gasteiger partial charge in [-0.1, -0.05) is 30.3 Å². The van der Waals surface area contributed by atoms with Gasteiger partial charge in [0.2, 0.25) is 0 Å². The second-order valence-corrected chi connectivity index (χ2v) is 3.89. The highest BCUT2D eigenvalue weighted by Crippen LogP contribution is 2.25. The number of carbonyl (C=O) groups is 2. The average Bonchev–Trinajstić information content (AvgIpc) is 2.42. The molecule has 0 atom stereocenters. The molecule has 0 amide bonds. The van der Waals surface area contributed by atoms with Crippen molar-refractivity contribution in [2.75, 3.05) is 0 Å². The first-order valence-corrected chi connectivity index (χ1v) is 5.74. The summed E-state index contributed by atoms with van der Waals surface area (Å²) in [5, 5.41) is 9.55. The lowest BCUT2D eigenvalue weighted by atomic mass is 10.1. The molecule has 0 spiro atoms. The largest absolute Gasteiger partial charge is 0.504 e. The summed E-state index contributed by atoms with van der Waals surface area (Å²) in [6.45, 7) is 0. The maximum absolute atomic E-state index is 12.0. The first-order chi connectivity index (χ1) is 9.22. The molecule has 0 saturated heterocycles. The molecule has 0 heterocycles. The van der Waals surface area contributed by atoms with Gasteiger partial charge in [-0.15, -0.1) is 0 Å². The predicted octanol–water partition coefficient (Wildman–Crippen LogP) is 2.35. The molecule has 0 saturated carbocycles. The Bertz CT molecular complexity index is 605. The van der Waals surface area contributed by atoms with Crippen molar-refractivity contribution in [2.45, 2.75) is 6.42 Å². The Labute approximate surface area is 110 Å². The van der Waals surface area contributed by atoms with Crippen molar-refractivity contribution in [1.82, 2.24) is 0 Å². The summed E-state index contributed by atoms with van der Waals surface area (Å²) in [6.07, 6.45) is 0.873. The highest BCUT2D eigenvalue weighted by atomic mass is 16.5. The molecule has 1 N–H and O–H groups in total. The Morgan fingerprint density at radius 1 is 1.11 bits per heavy atom. The Hall–Kier alpha value is -2.62. The van der Waals surface area contributed by atoms with Crippen molar-refractivity contribution in [3.63, 3.8) is 0 Å². The molecule has 19 heavy (non-hydrogen) atoms. The number of hydrogen-bond donors (Lipinski definition) is 1. The van der Waals surface area contributed by atoms with Crippen molar-refractivity contribution in [2.24, 2.45) is 0 Å². The number of phenols is 1. The van der Waals surface area contributed by atoms with E-state index >= 15 is 0 Å². The Kier molecular flexibility index (Phi) is 3.93. The summed E-state index contributed by atoms with van der Waals surface area (Å²) in [4.78, 5) is 22.6. The summed E-state index contributed by atoms with van der Waals surface area (Å²) >= 11 is 0. The molecule has 0 aliphatic heterocycles. The van der Waals surface area contributed by atoms with E-state index < -0.39 is 5.97 Å². The Balaban J connectivity index is 2.25. The minimum Gasteiger partial charge on any atom is -0.504 e. The molecule has 0 aliphatic carbocycles. The standard InChI is InChI=1S/C15H12O4/c16-10-9-11-5-1-2-6-12(11)15(18)19-14-8-4-3-7-13(14)17/h1-8,10,17H,9H2. The average molecular weight is 256 g/mol. The van der Waals surface area contributed by atoms with E-state index in [-0.39, 0.29) is 17.9 Å². The molecular weight excluding hydrogens is 244 g/mol. The van der Waals surface area contributed by atoms with Gasteiger partial charge in [0.05, 0.1) is 5.56 Å². The summed E-state index contributed by atoms with van der Waals surface area (Å²) < 4.78 is 5.11. The first kappa shape index (κ1) is 12.8. The highest BCUT2D eigenvalue weighted by molar-refractivity contribution is 5.93. The quantitative estimate of drug-likeness (QED) is 0.518. The molecule has 4 heteroatoms. The fourth-order valence-corrected chi connectivity index (χ4v) is 1.69. The summed E-state index contributed by atoms with van der Waals surface area (Å²) in [5.74, 6) is -0.615. The molecule has 96 valence electrons. The third-order valence-electron chi connectivity index (χ3n) is 2.61. The predicted molar refractivity (Wildman–Crippen MR) is 69.3 cm³/mol. The minimum absolute atomic E-state index is 0.0911. The zero-order valence-corrected chi connectivity index (χ0v) is 10.1. The van der Waals surface area contributed by atoms with Crippen molar-refractivity contribution in [3.8, 4) is 11.5 Å². The van der Waals surface area contributed by atoms with E-state index in [4.69, 9.17) is 4.74 Å². The molecule has 0 fully saturated rings. The number of ether oxygens (including phenoxy) is 1. The number of carbonyl (C=O) groups excluding carboxylic acids is 2. The van der Waals surface area contributed by atoms with Gasteiger partial charge in [-0.25, -0.2) is 4.79 Å². The fraction of sp³-hybridized carbons (Fsp3) is 0.0667. The van der Waals surface area contributed by atoms with Gasteiger partial charge >= 0.3 is 5.97 Å². The molecule has 0 aliphatic rings. The molecule has 0 bridgehead atoms. The number of phenolic OH excluding ortho intramolecular Hbond substituents is 1. The third-order valence-corrected chi connectivity index (χ3v) is 2.61. The lowest BCUT2D eigenvalue weighted by molar-refractivity contribution is -0.107. The van der Waals surface area contributed by atoms with E-state index in [0.29, 0.717) is 11.1 Å². The smallest absolute Gasteiger partial charge is 0.343 e. The molecular formula is C15H12O4. The van der Waals surface area contributed by atoms with Crippen LogP contribution in [0, 0.1) is 0 Å². The minimum atomic E-state index is -0.598. The van der Waals surface area contributed by atoms with Gasteiger partial charge in [0, 0.05) is 6.42 Å². The van der Waals surface area contributed by atoms with Crippen molar-refractivity contribution < 1.29 is 19.4 Å². The number of aldehydes is 1. The fourth-order valence-electron chi connectivity index (χ4n) is 1.69. The topological polar surface area (TPSA) is 63.6 Å². The number of benzene rings is 2. The molecule has 0 radical (unpaired) electrons. The van der Waals surface area contributed by atoms with Crippen LogP contribution in [0.25, 0.3) is 0 Å². The number of esters is 1. The summed E-state index contributed by atoms with van der Waals surface area (Å²) in [5.41, 5.74) is 0.913. The molecule has 2 aromatic rings. The van der Waals surface area contributed by atoms with Gasteiger partial charge < -0.3 is 14.6 Å². The third kappa shape index (κ3) is 2.98. The van der Waals surface area contributed by atoms with Crippen LogP contribution in [0.2, 0.25) is 0 Å². The van der Waals surface area contributed by atoms with E-state index in [2.05, 4.69) is 0 Å². The molecule has 4 nitrogen and oxygen atoms in total. The van der Waals surface area contributed by atoms with Crippen LogP contribution >= 0.6 is 0 Å². The second-order valence-electron chi connectivity index (χ2n) is 3.89. The molecule has 2 rings (SSSR count). The monoisotopic (exact) mass is 256 g/mol. The maximum Gasteiger partial charge on any atom is 0.343 e. The van der Waals surface area contributed by atoms with Crippen LogP contribution < -0.4 is 4.74 Å². The number of aromatic hydroxyl groups is 1. The number of hydrogen-bond acceptors (Lipinski definition) is 4. The highest BCUT2D eigenvalue weighted by Gasteiger charge is 2.14. The van der Waals surface area contributed by atoms with Gasteiger partial charge in [0.1, 0.15) is 6.29 Å². The van der Waals surface area contributed by atoms with Gasteiger partial charge in [0.25, 0.3) is 0 Å². The lowest BCUT2D eigenvalue weighted by Crippen LogP contribution is -2.11. The van der Waals surface area contributed by atoms with Crippen LogP contribution in [0.15, 0.2) is 48.5 Å². The number of rotatable bonds is 4. The van der Waals surface area contributed by atoms with Crippen molar-refractivity contribution >= 4 is 12.3 Å². The zero-order chi connectivity index (χ0) is 13.7. The van der Waals surface area contributed by atoms with Crippen LogP contribution in [0.1, 0.15) is 15.9 Å². The van der Waals surface area contributed by atoms with E-state index in [9.17, 15) is 14.7 Å². The van der Waals surface area contributed by atoms with Gasteiger partial charge in [-0.2, -0.15) is 0 Å². The van der Waals surface area contributed by atoms with Crippen molar-refractivity contribution in [3.05, 3.63) is 59.7 Å². The van der Waals surface area contributed by atoms with Crippen molar-refractivity contribution in [1.29, 1.82) is 0 Å². The summed E-state index contributed by atoms with van der Waals surface area (Å²) in [6, 6.07) is 12.9. The zero-order valence-electron chi connectivity index (χ0n) is 10.1. The normalized spacial score (nSPS) is 9.89. The molecule has 0 aromatic heterocycles. The first-order valence-electron chi connectivity index (χ1n) is 5.74. The Morgan fingerprint density at radius 2 is 1.79 bits per heavy atom. The van der Waals surface area contributed by atoms with E-state index in [1.165, 1.54) is 12.1 Å².